The number of nitro groups is 1. The molecule has 6 nitrogen and oxygen atoms in total. The highest BCUT2D eigenvalue weighted by molar-refractivity contribution is 5.51. The quantitative estimate of drug-likeness (QED) is 0.645. The topological polar surface area (TPSA) is 73.6 Å². The Morgan fingerprint density at radius 3 is 2.90 bits per heavy atom. The van der Waals surface area contributed by atoms with Crippen molar-refractivity contribution in [3.05, 3.63) is 28.1 Å². The van der Waals surface area contributed by atoms with Crippen LogP contribution in [0.3, 0.4) is 0 Å². The molecule has 1 saturated heterocycles. The molecule has 0 aliphatic carbocycles. The van der Waals surface area contributed by atoms with Crippen molar-refractivity contribution in [3.63, 3.8) is 0 Å². The van der Waals surface area contributed by atoms with Gasteiger partial charge in [0.1, 0.15) is 0 Å². The van der Waals surface area contributed by atoms with Gasteiger partial charge in [-0.15, -0.1) is 0 Å². The first-order chi connectivity index (χ1) is 10.1. The number of rotatable bonds is 6. The Bertz CT molecular complexity index is 504. The molecule has 1 aliphatic heterocycles. The second-order valence-corrected chi connectivity index (χ2v) is 5.06. The third kappa shape index (κ3) is 4.04. The lowest BCUT2D eigenvalue weighted by atomic mass is 9.97. The Kier molecular flexibility index (Phi) is 5.32. The summed E-state index contributed by atoms with van der Waals surface area (Å²) in [6, 6.07) is 2.06. The lowest BCUT2D eigenvalue weighted by Crippen LogP contribution is -2.30. The first-order valence-corrected chi connectivity index (χ1v) is 6.97. The van der Waals surface area contributed by atoms with Gasteiger partial charge in [0.15, 0.2) is 11.6 Å². The lowest BCUT2D eigenvalue weighted by Gasteiger charge is -2.22. The standard InChI is InChI=1S/C14H19FN2O4/c1-20-14-8-13(11(15)7-12(14)17(18)19)21-6-4-10-3-2-5-16-9-10/h7-8,10,16H,2-6,9H2,1H3. The Morgan fingerprint density at radius 1 is 1.48 bits per heavy atom. The highest BCUT2D eigenvalue weighted by Crippen LogP contribution is 2.33. The SMILES string of the molecule is COc1cc(OCCC2CCCNC2)c(F)cc1[N+](=O)[O-]. The van der Waals surface area contributed by atoms with Crippen LogP contribution < -0.4 is 14.8 Å². The fraction of sp³-hybridized carbons (Fsp3) is 0.571. The fourth-order valence-electron chi connectivity index (χ4n) is 2.45. The van der Waals surface area contributed by atoms with E-state index in [4.69, 9.17) is 9.47 Å². The molecule has 21 heavy (non-hydrogen) atoms. The van der Waals surface area contributed by atoms with Crippen molar-refractivity contribution < 1.29 is 18.8 Å². The molecule has 1 aromatic rings. The molecule has 2 rings (SSSR count). The van der Waals surface area contributed by atoms with Crippen LogP contribution in [0.25, 0.3) is 0 Å². The van der Waals surface area contributed by atoms with Gasteiger partial charge in [0.25, 0.3) is 0 Å². The van der Waals surface area contributed by atoms with E-state index in [0.29, 0.717) is 12.5 Å². The van der Waals surface area contributed by atoms with E-state index in [0.717, 1.165) is 38.4 Å². The predicted molar refractivity (Wildman–Crippen MR) is 75.3 cm³/mol. The first kappa shape index (κ1) is 15.5. The average molecular weight is 298 g/mol. The number of nitro benzene ring substituents is 1. The summed E-state index contributed by atoms with van der Waals surface area (Å²) in [6.45, 7) is 2.38. The normalized spacial score (nSPS) is 18.3. The molecular weight excluding hydrogens is 279 g/mol. The van der Waals surface area contributed by atoms with Crippen LogP contribution in [-0.2, 0) is 0 Å². The van der Waals surface area contributed by atoms with E-state index in [9.17, 15) is 14.5 Å². The number of hydrogen-bond acceptors (Lipinski definition) is 5. The van der Waals surface area contributed by atoms with Crippen LogP contribution in [0.4, 0.5) is 10.1 Å². The van der Waals surface area contributed by atoms with Gasteiger partial charge in [0, 0.05) is 6.07 Å². The molecule has 7 heteroatoms. The molecule has 0 saturated carbocycles. The van der Waals surface area contributed by atoms with Crippen LogP contribution in [-0.4, -0.2) is 31.7 Å². The molecule has 0 spiro atoms. The minimum atomic E-state index is -0.746. The first-order valence-electron chi connectivity index (χ1n) is 6.97. The monoisotopic (exact) mass is 298 g/mol. The maximum absolute atomic E-state index is 13.8. The van der Waals surface area contributed by atoms with E-state index in [-0.39, 0.29) is 11.5 Å². The molecule has 1 heterocycles. The van der Waals surface area contributed by atoms with Crippen molar-refractivity contribution in [3.8, 4) is 11.5 Å². The highest BCUT2D eigenvalue weighted by atomic mass is 19.1. The molecule has 1 atom stereocenters. The van der Waals surface area contributed by atoms with E-state index in [1.165, 1.54) is 13.2 Å². The van der Waals surface area contributed by atoms with E-state index < -0.39 is 16.4 Å². The van der Waals surface area contributed by atoms with Gasteiger partial charge < -0.3 is 14.8 Å². The molecular formula is C14H19FN2O4. The molecule has 0 amide bonds. The summed E-state index contributed by atoms with van der Waals surface area (Å²) in [5.41, 5.74) is -0.404. The van der Waals surface area contributed by atoms with Crippen LogP contribution in [0.5, 0.6) is 11.5 Å². The third-order valence-electron chi connectivity index (χ3n) is 3.61. The summed E-state index contributed by atoms with van der Waals surface area (Å²) in [7, 11) is 1.30. The molecule has 0 bridgehead atoms. The van der Waals surface area contributed by atoms with E-state index >= 15 is 0 Å². The van der Waals surface area contributed by atoms with E-state index in [2.05, 4.69) is 5.32 Å². The van der Waals surface area contributed by atoms with Crippen LogP contribution in [0.15, 0.2) is 12.1 Å². The van der Waals surface area contributed by atoms with Crippen molar-refractivity contribution >= 4 is 5.69 Å². The zero-order chi connectivity index (χ0) is 15.2. The summed E-state index contributed by atoms with van der Waals surface area (Å²) < 4.78 is 24.1. The van der Waals surface area contributed by atoms with Crippen LogP contribution in [0, 0.1) is 21.8 Å². The van der Waals surface area contributed by atoms with Gasteiger partial charge in [-0.1, -0.05) is 0 Å². The summed E-state index contributed by atoms with van der Waals surface area (Å²) in [5.74, 6) is -0.233. The van der Waals surface area contributed by atoms with E-state index in [1.54, 1.807) is 0 Å². The summed E-state index contributed by atoms with van der Waals surface area (Å²) in [6.07, 6.45) is 3.11. The van der Waals surface area contributed by atoms with Crippen molar-refractivity contribution in [2.24, 2.45) is 5.92 Å². The molecule has 0 aromatic heterocycles. The number of piperidine rings is 1. The summed E-state index contributed by atoms with van der Waals surface area (Å²) in [4.78, 5) is 10.1. The molecule has 116 valence electrons. The molecule has 1 unspecified atom stereocenters. The Balaban J connectivity index is 1.97. The molecule has 1 aliphatic rings. The molecule has 1 aromatic carbocycles. The van der Waals surface area contributed by atoms with Crippen LogP contribution >= 0.6 is 0 Å². The maximum Gasteiger partial charge on any atom is 0.314 e. The van der Waals surface area contributed by atoms with Gasteiger partial charge in [-0.3, -0.25) is 10.1 Å². The number of nitrogens with one attached hydrogen (secondary N) is 1. The van der Waals surface area contributed by atoms with E-state index in [1.807, 2.05) is 0 Å². The summed E-state index contributed by atoms with van der Waals surface area (Å²) in [5, 5.41) is 14.1. The molecule has 0 radical (unpaired) electrons. The van der Waals surface area contributed by atoms with Gasteiger partial charge in [0.2, 0.25) is 5.75 Å². The second kappa shape index (κ2) is 7.21. The number of ether oxygens (including phenoxy) is 2. The van der Waals surface area contributed by atoms with Crippen molar-refractivity contribution in [2.45, 2.75) is 19.3 Å². The predicted octanol–water partition coefficient (Wildman–Crippen LogP) is 2.51. The number of nitrogens with zero attached hydrogens (tertiary/aromatic N) is 1. The summed E-state index contributed by atoms with van der Waals surface area (Å²) >= 11 is 0. The highest BCUT2D eigenvalue weighted by Gasteiger charge is 2.20. The van der Waals surface area contributed by atoms with Crippen molar-refractivity contribution in [1.29, 1.82) is 0 Å². The minimum absolute atomic E-state index is 0.00395. The zero-order valence-corrected chi connectivity index (χ0v) is 11.9. The number of halogens is 1. The Hall–Kier alpha value is -1.89. The fourth-order valence-corrected chi connectivity index (χ4v) is 2.45. The van der Waals surface area contributed by atoms with Gasteiger partial charge >= 0.3 is 5.69 Å². The molecule has 1 N–H and O–H groups in total. The Labute approximate surface area is 122 Å². The Morgan fingerprint density at radius 2 is 2.29 bits per heavy atom. The minimum Gasteiger partial charge on any atom is -0.490 e. The van der Waals surface area contributed by atoms with Crippen molar-refractivity contribution in [1.82, 2.24) is 5.32 Å². The van der Waals surface area contributed by atoms with Crippen LogP contribution in [0.1, 0.15) is 19.3 Å². The number of benzene rings is 1. The van der Waals surface area contributed by atoms with Gasteiger partial charge in [0.05, 0.1) is 24.7 Å². The third-order valence-corrected chi connectivity index (χ3v) is 3.61. The van der Waals surface area contributed by atoms with Gasteiger partial charge in [-0.25, -0.2) is 4.39 Å². The van der Waals surface area contributed by atoms with Crippen molar-refractivity contribution in [2.75, 3.05) is 26.8 Å². The largest absolute Gasteiger partial charge is 0.490 e. The molecule has 1 fully saturated rings. The second-order valence-electron chi connectivity index (χ2n) is 5.06. The average Bonchev–Trinajstić information content (AvgIpc) is 2.49. The van der Waals surface area contributed by atoms with Crippen LogP contribution in [0.2, 0.25) is 0 Å². The number of methoxy groups -OCH3 is 1. The van der Waals surface area contributed by atoms with Gasteiger partial charge in [-0.2, -0.15) is 0 Å². The lowest BCUT2D eigenvalue weighted by molar-refractivity contribution is -0.386. The smallest absolute Gasteiger partial charge is 0.314 e. The maximum atomic E-state index is 13.8. The number of hydrogen-bond donors (Lipinski definition) is 1. The zero-order valence-electron chi connectivity index (χ0n) is 11.9. The van der Waals surface area contributed by atoms with Gasteiger partial charge in [-0.05, 0) is 38.3 Å².